The summed E-state index contributed by atoms with van der Waals surface area (Å²) in [5.41, 5.74) is 1.50. The van der Waals surface area contributed by atoms with Gasteiger partial charge in [0.2, 0.25) is 0 Å². The van der Waals surface area contributed by atoms with Crippen molar-refractivity contribution >= 4 is 18.1 Å². The lowest BCUT2D eigenvalue weighted by atomic mass is 9.89. The standard InChI is InChI=1S/C20H33N2O.ClH/c1-18-21(15-9-17-23)14-8-16-22(18,19-10-4-2-5-11-19)20-12-6-3-7-13-20;/h2,4-5,10-11,18,20,23H,3,6-9,12-17H2,1H3;1H/q+1;. The lowest BCUT2D eigenvalue weighted by molar-refractivity contribution is -0.0188. The van der Waals surface area contributed by atoms with E-state index in [0.29, 0.717) is 12.8 Å². The van der Waals surface area contributed by atoms with Crippen molar-refractivity contribution in [1.82, 2.24) is 9.38 Å². The van der Waals surface area contributed by atoms with Crippen LogP contribution in [0.1, 0.15) is 51.9 Å². The highest BCUT2D eigenvalue weighted by Crippen LogP contribution is 2.39. The van der Waals surface area contributed by atoms with Crippen molar-refractivity contribution in [3.05, 3.63) is 30.3 Å². The molecule has 3 rings (SSSR count). The number of aliphatic hydroxyl groups excluding tert-OH is 1. The fraction of sp³-hybridized carbons (Fsp3) is 0.700. The van der Waals surface area contributed by atoms with Crippen LogP contribution in [-0.2, 0) is 0 Å². The van der Waals surface area contributed by atoms with Crippen LogP contribution >= 0.6 is 12.4 Å². The molecule has 0 spiro atoms. The second-order valence-electron chi connectivity index (χ2n) is 7.38. The monoisotopic (exact) mass is 353 g/mol. The number of halogens is 1. The van der Waals surface area contributed by atoms with Crippen molar-refractivity contribution in [2.75, 3.05) is 26.2 Å². The summed E-state index contributed by atoms with van der Waals surface area (Å²) in [7, 11) is 0. The number of benzene rings is 1. The van der Waals surface area contributed by atoms with Crippen molar-refractivity contribution in [3.8, 4) is 0 Å². The molecule has 1 saturated carbocycles. The quantitative estimate of drug-likeness (QED) is 0.802. The van der Waals surface area contributed by atoms with Crippen LogP contribution in [0.3, 0.4) is 0 Å². The van der Waals surface area contributed by atoms with Crippen LogP contribution < -0.4 is 4.48 Å². The number of aliphatic hydroxyl groups is 1. The molecule has 2 aliphatic rings. The normalized spacial score (nSPS) is 29.2. The molecule has 0 radical (unpaired) electrons. The van der Waals surface area contributed by atoms with Gasteiger partial charge in [-0.1, -0.05) is 24.6 Å². The summed E-state index contributed by atoms with van der Waals surface area (Å²) < 4.78 is 1.15. The molecule has 1 saturated heterocycles. The van der Waals surface area contributed by atoms with Crippen molar-refractivity contribution in [2.45, 2.75) is 64.1 Å². The van der Waals surface area contributed by atoms with Crippen molar-refractivity contribution in [3.63, 3.8) is 0 Å². The van der Waals surface area contributed by atoms with Gasteiger partial charge in [0.05, 0.1) is 12.6 Å². The van der Waals surface area contributed by atoms with Gasteiger partial charge in [-0.3, -0.25) is 9.38 Å². The lowest BCUT2D eigenvalue weighted by Crippen LogP contribution is -2.71. The summed E-state index contributed by atoms with van der Waals surface area (Å²) in [5, 5.41) is 9.25. The van der Waals surface area contributed by atoms with Crippen LogP contribution in [0.2, 0.25) is 0 Å². The Hall–Kier alpha value is -0.610. The Bertz CT molecular complexity index is 478. The zero-order valence-electron chi connectivity index (χ0n) is 15.1. The molecule has 0 amide bonds. The summed E-state index contributed by atoms with van der Waals surface area (Å²) in [6, 6.07) is 12.0. The van der Waals surface area contributed by atoms with E-state index in [-0.39, 0.29) is 12.4 Å². The Morgan fingerprint density at radius 2 is 1.79 bits per heavy atom. The average Bonchev–Trinajstić information content (AvgIpc) is 2.62. The molecule has 4 heteroatoms. The van der Waals surface area contributed by atoms with Crippen LogP contribution in [0.4, 0.5) is 5.69 Å². The first-order valence-corrected chi connectivity index (χ1v) is 9.57. The van der Waals surface area contributed by atoms with E-state index >= 15 is 0 Å². The van der Waals surface area contributed by atoms with Crippen molar-refractivity contribution < 1.29 is 5.11 Å². The Kier molecular flexibility index (Phi) is 7.55. The Morgan fingerprint density at radius 1 is 1.08 bits per heavy atom. The van der Waals surface area contributed by atoms with Gasteiger partial charge < -0.3 is 5.11 Å². The molecule has 136 valence electrons. The van der Waals surface area contributed by atoms with Gasteiger partial charge in [0.1, 0.15) is 11.9 Å². The van der Waals surface area contributed by atoms with Crippen LogP contribution in [-0.4, -0.2) is 48.5 Å². The predicted molar refractivity (Wildman–Crippen MR) is 105 cm³/mol. The van der Waals surface area contributed by atoms with E-state index in [1.54, 1.807) is 0 Å². The molecule has 1 aliphatic heterocycles. The van der Waals surface area contributed by atoms with E-state index in [4.69, 9.17) is 0 Å². The second kappa shape index (κ2) is 9.19. The number of rotatable bonds is 5. The van der Waals surface area contributed by atoms with Crippen LogP contribution in [0, 0.1) is 0 Å². The zero-order chi connectivity index (χ0) is 16.1. The van der Waals surface area contributed by atoms with Gasteiger partial charge >= 0.3 is 0 Å². The third kappa shape index (κ3) is 3.80. The van der Waals surface area contributed by atoms with Gasteiger partial charge in [-0.2, -0.15) is 0 Å². The number of quaternary nitrogens is 1. The molecule has 3 nitrogen and oxygen atoms in total. The first kappa shape index (κ1) is 19.7. The number of hydrogen-bond donors (Lipinski definition) is 1. The molecule has 2 fully saturated rings. The molecule has 1 N–H and O–H groups in total. The van der Waals surface area contributed by atoms with Gasteiger partial charge in [0, 0.05) is 33.0 Å². The number of para-hydroxylation sites is 1. The van der Waals surface area contributed by atoms with E-state index in [1.165, 1.54) is 57.3 Å². The molecule has 2 atom stereocenters. The SMILES string of the molecule is CC1N(CCCO)CCC[N+]1(c1ccccc1)C1CCCCC1.Cl. The minimum absolute atomic E-state index is 0. The fourth-order valence-electron chi connectivity index (χ4n) is 5.06. The maximum Gasteiger partial charge on any atom is 0.147 e. The summed E-state index contributed by atoms with van der Waals surface area (Å²) in [6.45, 7) is 6.21. The molecule has 1 aromatic carbocycles. The van der Waals surface area contributed by atoms with E-state index in [1.807, 2.05) is 0 Å². The minimum Gasteiger partial charge on any atom is -0.396 e. The van der Waals surface area contributed by atoms with E-state index in [0.717, 1.165) is 23.5 Å². The van der Waals surface area contributed by atoms with E-state index in [9.17, 15) is 5.11 Å². The predicted octanol–water partition coefficient (Wildman–Crippen LogP) is 4.18. The third-order valence-corrected chi connectivity index (χ3v) is 6.24. The molecular formula is C20H34ClN2O+. The highest BCUT2D eigenvalue weighted by atomic mass is 35.5. The van der Waals surface area contributed by atoms with Crippen LogP contribution in [0.5, 0.6) is 0 Å². The first-order valence-electron chi connectivity index (χ1n) is 9.57. The average molecular weight is 354 g/mol. The van der Waals surface area contributed by atoms with Gasteiger partial charge in [-0.25, -0.2) is 0 Å². The zero-order valence-corrected chi connectivity index (χ0v) is 15.9. The van der Waals surface area contributed by atoms with Gasteiger partial charge in [-0.05, 0) is 44.2 Å². The van der Waals surface area contributed by atoms with Crippen LogP contribution in [0.15, 0.2) is 30.3 Å². The Balaban J connectivity index is 0.00000208. The van der Waals surface area contributed by atoms with Gasteiger partial charge in [0.15, 0.2) is 0 Å². The molecule has 1 aromatic rings. The number of nitrogens with zero attached hydrogens (tertiary/aromatic N) is 2. The molecule has 0 aromatic heterocycles. The summed E-state index contributed by atoms with van der Waals surface area (Å²) >= 11 is 0. The summed E-state index contributed by atoms with van der Waals surface area (Å²) in [5.74, 6) is 0. The number of hydrogen-bond acceptors (Lipinski definition) is 2. The highest BCUT2D eigenvalue weighted by molar-refractivity contribution is 5.85. The highest BCUT2D eigenvalue weighted by Gasteiger charge is 2.48. The molecule has 1 heterocycles. The van der Waals surface area contributed by atoms with Gasteiger partial charge in [0.25, 0.3) is 0 Å². The van der Waals surface area contributed by atoms with Gasteiger partial charge in [-0.15, -0.1) is 12.4 Å². The summed E-state index contributed by atoms with van der Waals surface area (Å²) in [6.07, 6.45) is 9.60. The topological polar surface area (TPSA) is 23.5 Å². The second-order valence-corrected chi connectivity index (χ2v) is 7.38. The van der Waals surface area contributed by atoms with E-state index < -0.39 is 0 Å². The van der Waals surface area contributed by atoms with Crippen molar-refractivity contribution in [1.29, 1.82) is 0 Å². The minimum atomic E-state index is 0. The molecule has 1 aliphatic carbocycles. The molecule has 24 heavy (non-hydrogen) atoms. The maximum atomic E-state index is 9.25. The smallest absolute Gasteiger partial charge is 0.147 e. The van der Waals surface area contributed by atoms with Crippen molar-refractivity contribution in [2.24, 2.45) is 0 Å². The maximum absolute atomic E-state index is 9.25. The van der Waals surface area contributed by atoms with E-state index in [2.05, 4.69) is 42.2 Å². The van der Waals surface area contributed by atoms with Crippen LogP contribution in [0.25, 0.3) is 0 Å². The largest absolute Gasteiger partial charge is 0.396 e. The lowest BCUT2D eigenvalue weighted by Gasteiger charge is -2.55. The molecule has 2 unspecified atom stereocenters. The Labute approximate surface area is 153 Å². The molecular weight excluding hydrogens is 320 g/mol. The first-order chi connectivity index (χ1) is 11.3. The third-order valence-electron chi connectivity index (χ3n) is 6.24. The molecule has 0 bridgehead atoms. The Morgan fingerprint density at radius 3 is 2.46 bits per heavy atom. The summed E-state index contributed by atoms with van der Waals surface area (Å²) in [4.78, 5) is 2.63. The fourth-order valence-corrected chi connectivity index (χ4v) is 5.06.